The van der Waals surface area contributed by atoms with E-state index < -0.39 is 0 Å². The molecule has 0 saturated carbocycles. The van der Waals surface area contributed by atoms with E-state index in [9.17, 15) is 0 Å². The molecule has 0 spiro atoms. The number of hydrogen-bond donors (Lipinski definition) is 0. The summed E-state index contributed by atoms with van der Waals surface area (Å²) in [6.07, 6.45) is 8.86. The van der Waals surface area contributed by atoms with Crippen molar-refractivity contribution in [1.29, 1.82) is 0 Å². The summed E-state index contributed by atoms with van der Waals surface area (Å²) >= 11 is 0. The van der Waals surface area contributed by atoms with Crippen LogP contribution in [-0.2, 0) is 6.61 Å². The lowest BCUT2D eigenvalue weighted by molar-refractivity contribution is 0.306. The van der Waals surface area contributed by atoms with E-state index in [-0.39, 0.29) is 0 Å². The minimum Gasteiger partial charge on any atom is -0.489 e. The molecule has 0 N–H and O–H groups in total. The Hall–Kier alpha value is -2.02. The van der Waals surface area contributed by atoms with Gasteiger partial charge in [0.2, 0.25) is 0 Å². The van der Waals surface area contributed by atoms with Gasteiger partial charge in [-0.05, 0) is 54.5 Å². The SMILES string of the molecule is C1=C(c2ccc(OCc3ccccc3)cc2)CCCCC1. The molecule has 0 amide bonds. The molecule has 1 aliphatic carbocycles. The number of ether oxygens (including phenoxy) is 1. The molecule has 3 rings (SSSR count). The van der Waals surface area contributed by atoms with Crippen LogP contribution in [0.4, 0.5) is 0 Å². The Morgan fingerprint density at radius 2 is 1.62 bits per heavy atom. The number of benzene rings is 2. The molecule has 0 radical (unpaired) electrons. The predicted molar refractivity (Wildman–Crippen MR) is 88.3 cm³/mol. The summed E-state index contributed by atoms with van der Waals surface area (Å²) in [6.45, 7) is 0.628. The third kappa shape index (κ3) is 3.98. The van der Waals surface area contributed by atoms with Crippen LogP contribution in [0.5, 0.6) is 5.75 Å². The van der Waals surface area contributed by atoms with Gasteiger partial charge in [-0.25, -0.2) is 0 Å². The molecule has 2 aromatic carbocycles. The maximum Gasteiger partial charge on any atom is 0.119 e. The molecule has 108 valence electrons. The summed E-state index contributed by atoms with van der Waals surface area (Å²) in [4.78, 5) is 0. The fourth-order valence-corrected chi connectivity index (χ4v) is 2.78. The van der Waals surface area contributed by atoms with E-state index in [2.05, 4.69) is 42.5 Å². The van der Waals surface area contributed by atoms with E-state index in [1.807, 2.05) is 18.2 Å². The van der Waals surface area contributed by atoms with Crippen LogP contribution in [0.3, 0.4) is 0 Å². The first-order chi connectivity index (χ1) is 10.4. The zero-order valence-corrected chi connectivity index (χ0v) is 12.4. The van der Waals surface area contributed by atoms with Crippen molar-refractivity contribution in [3.8, 4) is 5.75 Å². The Morgan fingerprint density at radius 1 is 0.810 bits per heavy atom. The van der Waals surface area contributed by atoms with Gasteiger partial charge in [0, 0.05) is 0 Å². The van der Waals surface area contributed by atoms with Crippen LogP contribution in [0.25, 0.3) is 5.57 Å². The molecule has 0 saturated heterocycles. The molecule has 1 aliphatic rings. The molecule has 1 heteroatoms. The Balaban J connectivity index is 1.62. The summed E-state index contributed by atoms with van der Waals surface area (Å²) in [7, 11) is 0. The average Bonchev–Trinajstić information content (AvgIpc) is 2.84. The smallest absolute Gasteiger partial charge is 0.119 e. The third-order valence-electron chi connectivity index (χ3n) is 4.01. The van der Waals surface area contributed by atoms with Gasteiger partial charge in [0.05, 0.1) is 0 Å². The van der Waals surface area contributed by atoms with Gasteiger partial charge in [-0.2, -0.15) is 0 Å². The fraction of sp³-hybridized carbons (Fsp3) is 0.300. The molecule has 1 nitrogen and oxygen atoms in total. The van der Waals surface area contributed by atoms with Crippen molar-refractivity contribution in [3.63, 3.8) is 0 Å². The normalized spacial score (nSPS) is 15.1. The van der Waals surface area contributed by atoms with Gasteiger partial charge in [0.25, 0.3) is 0 Å². The highest BCUT2D eigenvalue weighted by molar-refractivity contribution is 5.66. The van der Waals surface area contributed by atoms with Crippen LogP contribution in [0, 0.1) is 0 Å². The van der Waals surface area contributed by atoms with Crippen molar-refractivity contribution < 1.29 is 4.74 Å². The maximum absolute atomic E-state index is 5.84. The van der Waals surface area contributed by atoms with E-state index >= 15 is 0 Å². The molecule has 0 fully saturated rings. The van der Waals surface area contributed by atoms with E-state index in [1.165, 1.54) is 48.8 Å². The van der Waals surface area contributed by atoms with Gasteiger partial charge in [-0.1, -0.05) is 55.0 Å². The van der Waals surface area contributed by atoms with E-state index in [1.54, 1.807) is 0 Å². The number of rotatable bonds is 4. The monoisotopic (exact) mass is 278 g/mol. The summed E-state index contributed by atoms with van der Waals surface area (Å²) in [6, 6.07) is 18.8. The molecule has 21 heavy (non-hydrogen) atoms. The molecular weight excluding hydrogens is 256 g/mol. The molecular formula is C20H22O. The van der Waals surface area contributed by atoms with Crippen molar-refractivity contribution in [3.05, 3.63) is 71.8 Å². The molecule has 0 atom stereocenters. The molecule has 0 unspecified atom stereocenters. The van der Waals surface area contributed by atoms with E-state index in [4.69, 9.17) is 4.74 Å². The highest BCUT2D eigenvalue weighted by Gasteiger charge is 2.05. The van der Waals surface area contributed by atoms with Crippen molar-refractivity contribution in [1.82, 2.24) is 0 Å². The second kappa shape index (κ2) is 7.12. The van der Waals surface area contributed by atoms with Crippen LogP contribution < -0.4 is 4.74 Å². The van der Waals surface area contributed by atoms with E-state index in [0.29, 0.717) is 6.61 Å². The van der Waals surface area contributed by atoms with Gasteiger partial charge in [0.1, 0.15) is 12.4 Å². The first-order valence-electron chi connectivity index (χ1n) is 7.88. The van der Waals surface area contributed by atoms with Gasteiger partial charge in [-0.3, -0.25) is 0 Å². The molecule has 0 aromatic heterocycles. The number of allylic oxidation sites excluding steroid dienone is 2. The topological polar surface area (TPSA) is 9.23 Å². The van der Waals surface area contributed by atoms with Gasteiger partial charge in [-0.15, -0.1) is 0 Å². The number of hydrogen-bond acceptors (Lipinski definition) is 1. The summed E-state index contributed by atoms with van der Waals surface area (Å²) in [5.74, 6) is 0.942. The highest BCUT2D eigenvalue weighted by Crippen LogP contribution is 2.27. The standard InChI is InChI=1S/C20H22O/c1-2-7-11-18(10-6-1)19-12-14-20(15-13-19)21-16-17-8-4-3-5-9-17/h3-5,8-10,12-15H,1-2,6-7,11,16H2. The van der Waals surface area contributed by atoms with Crippen molar-refractivity contribution >= 4 is 5.57 Å². The zero-order valence-electron chi connectivity index (χ0n) is 12.4. The van der Waals surface area contributed by atoms with Gasteiger partial charge < -0.3 is 4.74 Å². The average molecular weight is 278 g/mol. The highest BCUT2D eigenvalue weighted by atomic mass is 16.5. The van der Waals surface area contributed by atoms with E-state index in [0.717, 1.165) is 5.75 Å². The molecule has 0 heterocycles. The zero-order chi connectivity index (χ0) is 14.3. The summed E-state index contributed by atoms with van der Waals surface area (Å²) in [5, 5.41) is 0. The maximum atomic E-state index is 5.84. The van der Waals surface area contributed by atoms with Crippen LogP contribution in [0.15, 0.2) is 60.7 Å². The van der Waals surface area contributed by atoms with Crippen LogP contribution >= 0.6 is 0 Å². The van der Waals surface area contributed by atoms with Gasteiger partial charge in [0.15, 0.2) is 0 Å². The Labute approximate surface area is 127 Å². The lowest BCUT2D eigenvalue weighted by Gasteiger charge is -2.09. The van der Waals surface area contributed by atoms with Crippen LogP contribution in [0.1, 0.15) is 43.2 Å². The first-order valence-corrected chi connectivity index (χ1v) is 7.88. The van der Waals surface area contributed by atoms with Crippen LogP contribution in [-0.4, -0.2) is 0 Å². The van der Waals surface area contributed by atoms with Crippen LogP contribution in [0.2, 0.25) is 0 Å². The van der Waals surface area contributed by atoms with Gasteiger partial charge >= 0.3 is 0 Å². The predicted octanol–water partition coefficient (Wildman–Crippen LogP) is 5.61. The van der Waals surface area contributed by atoms with Crippen molar-refractivity contribution in [2.45, 2.75) is 38.7 Å². The molecule has 2 aromatic rings. The van der Waals surface area contributed by atoms with Crippen molar-refractivity contribution in [2.75, 3.05) is 0 Å². The second-order valence-corrected chi connectivity index (χ2v) is 5.63. The minimum atomic E-state index is 0.628. The lowest BCUT2D eigenvalue weighted by atomic mass is 10.0. The summed E-state index contributed by atoms with van der Waals surface area (Å²) in [5.41, 5.74) is 4.05. The minimum absolute atomic E-state index is 0.628. The Morgan fingerprint density at radius 3 is 2.43 bits per heavy atom. The fourth-order valence-electron chi connectivity index (χ4n) is 2.78. The Kier molecular flexibility index (Phi) is 4.73. The summed E-state index contributed by atoms with van der Waals surface area (Å²) < 4.78 is 5.84. The van der Waals surface area contributed by atoms with Crippen molar-refractivity contribution in [2.24, 2.45) is 0 Å². The Bertz CT molecular complexity index is 581. The largest absolute Gasteiger partial charge is 0.489 e. The molecule has 0 bridgehead atoms. The lowest BCUT2D eigenvalue weighted by Crippen LogP contribution is -1.95. The molecule has 0 aliphatic heterocycles. The quantitative estimate of drug-likeness (QED) is 0.706. The third-order valence-corrected chi connectivity index (χ3v) is 4.01. The first kappa shape index (κ1) is 13.9. The second-order valence-electron chi connectivity index (χ2n) is 5.63.